The van der Waals surface area contributed by atoms with Crippen LogP contribution in [0.3, 0.4) is 0 Å². The molecule has 5 rings (SSSR count). The molecule has 0 amide bonds. The summed E-state index contributed by atoms with van der Waals surface area (Å²) in [6, 6.07) is 22.3. The third-order valence-electron chi connectivity index (χ3n) is 5.59. The largest absolute Gasteiger partial charge is 0.493 e. The van der Waals surface area contributed by atoms with Gasteiger partial charge in [-0.15, -0.1) is 0 Å². The van der Waals surface area contributed by atoms with Gasteiger partial charge in [0.1, 0.15) is 17.2 Å². The molecular weight excluding hydrogens is 400 g/mol. The number of ether oxygens (including phenoxy) is 2. The molecule has 32 heavy (non-hydrogen) atoms. The molecule has 2 heterocycles. The van der Waals surface area contributed by atoms with Crippen LogP contribution in [0.4, 0.5) is 0 Å². The van der Waals surface area contributed by atoms with Crippen LogP contribution >= 0.6 is 0 Å². The second kappa shape index (κ2) is 9.18. The Morgan fingerprint density at radius 1 is 0.938 bits per heavy atom. The molecule has 0 spiro atoms. The maximum Gasteiger partial charge on any atom is 0.174 e. The van der Waals surface area contributed by atoms with Crippen molar-refractivity contribution in [1.29, 1.82) is 0 Å². The minimum Gasteiger partial charge on any atom is -0.493 e. The van der Waals surface area contributed by atoms with Crippen LogP contribution in [0.25, 0.3) is 33.1 Å². The van der Waals surface area contributed by atoms with Crippen molar-refractivity contribution in [2.75, 3.05) is 13.2 Å². The third kappa shape index (κ3) is 4.06. The Morgan fingerprint density at radius 2 is 1.81 bits per heavy atom. The van der Waals surface area contributed by atoms with E-state index in [2.05, 4.69) is 29.2 Å². The van der Waals surface area contributed by atoms with E-state index in [-0.39, 0.29) is 0 Å². The van der Waals surface area contributed by atoms with Gasteiger partial charge in [-0.3, -0.25) is 0 Å². The van der Waals surface area contributed by atoms with Gasteiger partial charge in [-0.25, -0.2) is 0 Å². The van der Waals surface area contributed by atoms with Crippen LogP contribution in [0.15, 0.2) is 77.4 Å². The molecule has 5 nitrogen and oxygen atoms in total. The maximum absolute atomic E-state index is 6.14. The van der Waals surface area contributed by atoms with Crippen LogP contribution in [-0.2, 0) is 6.42 Å². The molecule has 0 unspecified atom stereocenters. The fraction of sp³-hybridized carbons (Fsp3) is 0.222. The summed E-state index contributed by atoms with van der Waals surface area (Å²) in [5.41, 5.74) is 4.94. The van der Waals surface area contributed by atoms with Crippen molar-refractivity contribution < 1.29 is 14.0 Å². The number of aromatic amines is 1. The van der Waals surface area contributed by atoms with E-state index in [4.69, 9.17) is 14.0 Å². The van der Waals surface area contributed by atoms with Gasteiger partial charge in [0.2, 0.25) is 0 Å². The number of hydrogen-bond acceptors (Lipinski definition) is 4. The smallest absolute Gasteiger partial charge is 0.174 e. The summed E-state index contributed by atoms with van der Waals surface area (Å²) in [6.45, 7) is 3.34. The van der Waals surface area contributed by atoms with E-state index in [0.717, 1.165) is 69.5 Å². The van der Waals surface area contributed by atoms with Crippen molar-refractivity contribution in [3.8, 4) is 22.8 Å². The summed E-state index contributed by atoms with van der Waals surface area (Å²) in [7, 11) is 0. The highest BCUT2D eigenvalue weighted by Gasteiger charge is 2.17. The van der Waals surface area contributed by atoms with E-state index in [9.17, 15) is 0 Å². The first-order chi connectivity index (χ1) is 15.8. The van der Waals surface area contributed by atoms with Crippen molar-refractivity contribution in [3.63, 3.8) is 0 Å². The maximum atomic E-state index is 6.14. The normalized spacial score (nSPS) is 11.3. The number of aryl methyl sites for hydroxylation is 1. The van der Waals surface area contributed by atoms with Crippen LogP contribution < -0.4 is 9.47 Å². The third-order valence-corrected chi connectivity index (χ3v) is 5.59. The van der Waals surface area contributed by atoms with E-state index in [0.29, 0.717) is 13.2 Å². The summed E-state index contributed by atoms with van der Waals surface area (Å²) in [5.74, 6) is 1.74. The fourth-order valence-corrected chi connectivity index (χ4v) is 4.02. The topological polar surface area (TPSA) is 60.3 Å². The Kier molecular flexibility index (Phi) is 5.79. The van der Waals surface area contributed by atoms with Gasteiger partial charge in [0.05, 0.1) is 18.6 Å². The fourth-order valence-electron chi connectivity index (χ4n) is 4.02. The second-order valence-electron chi connectivity index (χ2n) is 7.84. The van der Waals surface area contributed by atoms with Gasteiger partial charge in [0.15, 0.2) is 5.58 Å². The Hall–Kier alpha value is -3.73. The lowest BCUT2D eigenvalue weighted by atomic mass is 10.0. The number of fused-ring (bicyclic) bond motifs is 2. The number of H-pyrrole nitrogens is 1. The van der Waals surface area contributed by atoms with Crippen molar-refractivity contribution in [2.45, 2.75) is 26.2 Å². The lowest BCUT2D eigenvalue weighted by molar-refractivity contribution is 0.246. The number of aromatic nitrogens is 2. The minimum atomic E-state index is 0.578. The van der Waals surface area contributed by atoms with Crippen LogP contribution in [0.1, 0.15) is 25.3 Å². The zero-order valence-electron chi connectivity index (χ0n) is 18.1. The van der Waals surface area contributed by atoms with E-state index in [1.165, 1.54) is 0 Å². The number of nitrogens with zero attached hydrogens (tertiary/aromatic N) is 1. The quantitative estimate of drug-likeness (QED) is 0.264. The molecule has 0 bridgehead atoms. The van der Waals surface area contributed by atoms with Gasteiger partial charge in [0, 0.05) is 34.6 Å². The Balaban J connectivity index is 1.25. The molecular formula is C27H26N2O3. The summed E-state index contributed by atoms with van der Waals surface area (Å²) < 4.78 is 17.8. The molecule has 0 saturated heterocycles. The van der Waals surface area contributed by atoms with Gasteiger partial charge in [-0.05, 0) is 42.8 Å². The van der Waals surface area contributed by atoms with Gasteiger partial charge >= 0.3 is 0 Å². The van der Waals surface area contributed by atoms with Crippen LogP contribution in [0.5, 0.6) is 11.5 Å². The van der Waals surface area contributed by atoms with E-state index in [1.54, 1.807) is 0 Å². The summed E-state index contributed by atoms with van der Waals surface area (Å²) in [6.07, 6.45) is 4.61. The first kappa shape index (κ1) is 20.2. The number of benzene rings is 3. The standard InChI is InChI=1S/C27H26N2O3/c1-2-7-22-25(13-11-23-26(29-32-27(22)23)19-8-4-3-5-9-19)31-17-6-16-30-21-10-12-24-20(18-21)14-15-28-24/h3-5,8-15,18,28H,2,6-7,16-17H2,1H3. The van der Waals surface area contributed by atoms with Crippen LogP contribution in [0.2, 0.25) is 0 Å². The predicted octanol–water partition coefficient (Wildman–Crippen LogP) is 6.78. The highest BCUT2D eigenvalue weighted by Crippen LogP contribution is 2.35. The highest BCUT2D eigenvalue weighted by atomic mass is 16.5. The number of rotatable bonds is 9. The van der Waals surface area contributed by atoms with E-state index < -0.39 is 0 Å². The van der Waals surface area contributed by atoms with Gasteiger partial charge < -0.3 is 19.0 Å². The minimum absolute atomic E-state index is 0.578. The summed E-state index contributed by atoms with van der Waals surface area (Å²) >= 11 is 0. The van der Waals surface area contributed by atoms with Crippen molar-refractivity contribution >= 4 is 21.9 Å². The molecule has 0 fully saturated rings. The molecule has 3 aromatic carbocycles. The number of nitrogens with one attached hydrogen (secondary N) is 1. The molecule has 0 radical (unpaired) electrons. The molecule has 0 atom stereocenters. The lowest BCUT2D eigenvalue weighted by Gasteiger charge is -2.12. The first-order valence-electron chi connectivity index (χ1n) is 11.1. The van der Waals surface area contributed by atoms with E-state index in [1.807, 2.05) is 60.8 Å². The zero-order valence-corrected chi connectivity index (χ0v) is 18.1. The molecule has 2 aromatic heterocycles. The molecule has 1 N–H and O–H groups in total. The monoisotopic (exact) mass is 426 g/mol. The molecule has 0 saturated carbocycles. The average molecular weight is 427 g/mol. The predicted molar refractivity (Wildman–Crippen MR) is 127 cm³/mol. The van der Waals surface area contributed by atoms with Crippen molar-refractivity contribution in [1.82, 2.24) is 10.1 Å². The van der Waals surface area contributed by atoms with Gasteiger partial charge in [0.25, 0.3) is 0 Å². The summed E-state index contributed by atoms with van der Waals surface area (Å²) in [4.78, 5) is 3.19. The molecule has 162 valence electrons. The molecule has 0 aliphatic rings. The molecule has 5 aromatic rings. The zero-order chi connectivity index (χ0) is 21.8. The van der Waals surface area contributed by atoms with Crippen LogP contribution in [-0.4, -0.2) is 23.4 Å². The molecule has 0 aliphatic heterocycles. The highest BCUT2D eigenvalue weighted by molar-refractivity contribution is 5.94. The van der Waals surface area contributed by atoms with Crippen molar-refractivity contribution in [2.24, 2.45) is 0 Å². The molecule has 5 heteroatoms. The SMILES string of the molecule is CCCc1c(OCCCOc2ccc3[nH]ccc3c2)ccc2c(-c3ccccc3)noc12. The van der Waals surface area contributed by atoms with Crippen LogP contribution in [0, 0.1) is 0 Å². The van der Waals surface area contributed by atoms with Gasteiger partial charge in [-0.1, -0.05) is 48.8 Å². The first-order valence-corrected chi connectivity index (χ1v) is 11.1. The Labute approximate surface area is 187 Å². The molecule has 0 aliphatic carbocycles. The number of hydrogen-bond donors (Lipinski definition) is 1. The van der Waals surface area contributed by atoms with E-state index >= 15 is 0 Å². The Bertz CT molecular complexity index is 1320. The van der Waals surface area contributed by atoms with Crippen molar-refractivity contribution in [3.05, 3.63) is 78.5 Å². The second-order valence-corrected chi connectivity index (χ2v) is 7.84. The average Bonchev–Trinajstić information content (AvgIpc) is 3.47. The summed E-state index contributed by atoms with van der Waals surface area (Å²) in [5, 5.41) is 6.53. The Morgan fingerprint density at radius 3 is 2.69 bits per heavy atom. The lowest BCUT2D eigenvalue weighted by Crippen LogP contribution is -2.06. The van der Waals surface area contributed by atoms with Gasteiger partial charge in [-0.2, -0.15) is 0 Å².